The van der Waals surface area contributed by atoms with Gasteiger partial charge in [-0.05, 0) is 51.1 Å². The number of hydrogen-bond acceptors (Lipinski definition) is 5. The van der Waals surface area contributed by atoms with E-state index in [0.29, 0.717) is 18.0 Å². The molecule has 1 unspecified atom stereocenters. The van der Waals surface area contributed by atoms with Crippen molar-refractivity contribution < 1.29 is 31.1 Å². The van der Waals surface area contributed by atoms with E-state index in [1.54, 1.807) is 23.6 Å². The van der Waals surface area contributed by atoms with Crippen molar-refractivity contribution in [3.63, 3.8) is 0 Å². The van der Waals surface area contributed by atoms with E-state index in [0.717, 1.165) is 17.7 Å². The quantitative estimate of drug-likeness (QED) is 0.391. The Morgan fingerprint density at radius 3 is 2.45 bits per heavy atom. The Bertz CT molecular complexity index is 1230. The van der Waals surface area contributed by atoms with Crippen LogP contribution in [0.15, 0.2) is 58.0 Å². The van der Waals surface area contributed by atoms with E-state index in [2.05, 4.69) is 30.4 Å². The van der Waals surface area contributed by atoms with Gasteiger partial charge in [0.1, 0.15) is 10.6 Å². The third kappa shape index (κ3) is 6.27. The van der Waals surface area contributed by atoms with E-state index in [-0.39, 0.29) is 10.5 Å². The molecular formula is C21H21BrF3N3O4S. The van der Waals surface area contributed by atoms with Crippen molar-refractivity contribution in [2.24, 2.45) is 0 Å². The molecule has 0 amide bonds. The Kier molecular flexibility index (Phi) is 7.39. The highest BCUT2D eigenvalue weighted by molar-refractivity contribution is 9.10. The fourth-order valence-corrected chi connectivity index (χ4v) is 4.76. The van der Waals surface area contributed by atoms with E-state index >= 15 is 0 Å². The van der Waals surface area contributed by atoms with Gasteiger partial charge in [-0.1, -0.05) is 33.6 Å². The maximum absolute atomic E-state index is 12.9. The predicted molar refractivity (Wildman–Crippen MR) is 119 cm³/mol. The number of ether oxygens (including phenoxy) is 2. The van der Waals surface area contributed by atoms with Crippen LogP contribution in [0, 0.1) is 6.92 Å². The van der Waals surface area contributed by atoms with Crippen LogP contribution in [0.25, 0.3) is 0 Å². The van der Waals surface area contributed by atoms with Crippen LogP contribution >= 0.6 is 15.9 Å². The number of halogens is 4. The molecular weight excluding hydrogens is 527 g/mol. The van der Waals surface area contributed by atoms with E-state index in [4.69, 9.17) is 4.74 Å². The molecule has 33 heavy (non-hydrogen) atoms. The lowest BCUT2D eigenvalue weighted by molar-refractivity contribution is -0.275. The molecule has 1 N–H and O–H groups in total. The molecule has 0 saturated heterocycles. The van der Waals surface area contributed by atoms with Crippen molar-refractivity contribution in [3.8, 4) is 17.5 Å². The Labute approximate surface area is 197 Å². The number of alkyl halides is 3. The molecule has 0 saturated carbocycles. The highest BCUT2D eigenvalue weighted by Crippen LogP contribution is 2.33. The van der Waals surface area contributed by atoms with Gasteiger partial charge in [0.2, 0.25) is 10.0 Å². The molecule has 1 aromatic heterocycles. The molecule has 2 aromatic carbocycles. The minimum atomic E-state index is -5.06. The maximum Gasteiger partial charge on any atom is 0.573 e. The third-order valence-electron chi connectivity index (χ3n) is 4.59. The van der Waals surface area contributed by atoms with Crippen LogP contribution in [0.2, 0.25) is 0 Å². The summed E-state index contributed by atoms with van der Waals surface area (Å²) in [4.78, 5) is 3.59. The standard InChI is InChI=1S/C21H21BrF3N3O4S/c1-4-28-17(12-26-20(28)31-16-8-5-13(2)6-9-16)14(3)27-33(29,30)19-10-7-15(22)11-18(19)32-21(23,24)25/h5-12,14,27H,4H2,1-3H3. The topological polar surface area (TPSA) is 82.5 Å². The molecule has 3 rings (SSSR count). The summed E-state index contributed by atoms with van der Waals surface area (Å²) in [6.45, 7) is 5.75. The van der Waals surface area contributed by atoms with Gasteiger partial charge in [0, 0.05) is 11.0 Å². The summed E-state index contributed by atoms with van der Waals surface area (Å²) < 4.78 is 78.3. The van der Waals surface area contributed by atoms with Crippen LogP contribution in [0.4, 0.5) is 13.2 Å². The molecule has 0 fully saturated rings. The van der Waals surface area contributed by atoms with Gasteiger partial charge >= 0.3 is 12.4 Å². The van der Waals surface area contributed by atoms with Gasteiger partial charge < -0.3 is 9.47 Å². The summed E-state index contributed by atoms with van der Waals surface area (Å²) in [5, 5.41) is 0. The lowest BCUT2D eigenvalue weighted by atomic mass is 10.2. The zero-order valence-electron chi connectivity index (χ0n) is 17.9. The molecule has 178 valence electrons. The van der Waals surface area contributed by atoms with Crippen LogP contribution in [0.1, 0.15) is 31.1 Å². The molecule has 0 spiro atoms. The molecule has 0 aliphatic rings. The second-order valence-electron chi connectivity index (χ2n) is 7.11. The minimum Gasteiger partial charge on any atom is -0.426 e. The van der Waals surface area contributed by atoms with Crippen molar-refractivity contribution in [1.29, 1.82) is 0 Å². The Balaban J connectivity index is 1.87. The van der Waals surface area contributed by atoms with Crippen LogP contribution in [-0.4, -0.2) is 24.3 Å². The first kappa shape index (κ1) is 25.1. The van der Waals surface area contributed by atoms with Gasteiger partial charge in [0.05, 0.1) is 17.9 Å². The summed E-state index contributed by atoms with van der Waals surface area (Å²) in [7, 11) is -4.38. The summed E-state index contributed by atoms with van der Waals surface area (Å²) in [6, 6.07) is 10.0. The fourth-order valence-electron chi connectivity index (χ4n) is 3.09. The average Bonchev–Trinajstić information content (AvgIpc) is 3.10. The molecule has 1 heterocycles. The summed E-state index contributed by atoms with van der Waals surface area (Å²) >= 11 is 3.02. The smallest absolute Gasteiger partial charge is 0.426 e. The first-order valence-electron chi connectivity index (χ1n) is 9.77. The molecule has 12 heteroatoms. The van der Waals surface area contributed by atoms with Crippen molar-refractivity contribution in [1.82, 2.24) is 14.3 Å². The van der Waals surface area contributed by atoms with E-state index in [9.17, 15) is 21.6 Å². The van der Waals surface area contributed by atoms with E-state index < -0.39 is 33.1 Å². The molecule has 0 aliphatic carbocycles. The maximum atomic E-state index is 12.9. The van der Waals surface area contributed by atoms with Gasteiger partial charge in [-0.3, -0.25) is 4.57 Å². The van der Waals surface area contributed by atoms with Gasteiger partial charge in [-0.25, -0.2) is 18.1 Å². The number of hydrogen-bond donors (Lipinski definition) is 1. The monoisotopic (exact) mass is 547 g/mol. The van der Waals surface area contributed by atoms with Crippen molar-refractivity contribution in [2.45, 2.75) is 44.6 Å². The summed E-state index contributed by atoms with van der Waals surface area (Å²) in [5.74, 6) is -0.284. The number of nitrogens with zero attached hydrogens (tertiary/aromatic N) is 2. The number of benzene rings is 2. The fraction of sp³-hybridized carbons (Fsp3) is 0.286. The lowest BCUT2D eigenvalue weighted by Crippen LogP contribution is -2.29. The largest absolute Gasteiger partial charge is 0.573 e. The highest BCUT2D eigenvalue weighted by atomic mass is 79.9. The Morgan fingerprint density at radius 1 is 1.18 bits per heavy atom. The van der Waals surface area contributed by atoms with Crippen LogP contribution < -0.4 is 14.2 Å². The zero-order valence-corrected chi connectivity index (χ0v) is 20.3. The second kappa shape index (κ2) is 9.74. The summed E-state index contributed by atoms with van der Waals surface area (Å²) in [5.41, 5.74) is 1.53. The average molecular weight is 548 g/mol. The van der Waals surface area contributed by atoms with Crippen molar-refractivity contribution in [2.75, 3.05) is 0 Å². The van der Waals surface area contributed by atoms with Gasteiger partial charge in [-0.2, -0.15) is 0 Å². The van der Waals surface area contributed by atoms with Crippen molar-refractivity contribution in [3.05, 3.63) is 64.4 Å². The first-order valence-corrected chi connectivity index (χ1v) is 12.0. The van der Waals surface area contributed by atoms with Gasteiger partial charge in [0.15, 0.2) is 5.75 Å². The van der Waals surface area contributed by atoms with Crippen LogP contribution in [0.5, 0.6) is 17.5 Å². The second-order valence-corrected chi connectivity index (χ2v) is 9.70. The van der Waals surface area contributed by atoms with Crippen LogP contribution in [0.3, 0.4) is 0 Å². The number of aryl methyl sites for hydroxylation is 1. The molecule has 7 nitrogen and oxygen atoms in total. The zero-order chi connectivity index (χ0) is 24.4. The minimum absolute atomic E-state index is 0.232. The normalized spacial score (nSPS) is 13.1. The van der Waals surface area contributed by atoms with Gasteiger partial charge in [0.25, 0.3) is 0 Å². The van der Waals surface area contributed by atoms with Gasteiger partial charge in [-0.15, -0.1) is 13.2 Å². The summed E-state index contributed by atoms with van der Waals surface area (Å²) in [6.07, 6.45) is -3.60. The number of rotatable bonds is 8. The number of sulfonamides is 1. The van der Waals surface area contributed by atoms with E-state index in [1.807, 2.05) is 26.0 Å². The van der Waals surface area contributed by atoms with E-state index in [1.165, 1.54) is 12.3 Å². The SMILES string of the molecule is CCn1c(C(C)NS(=O)(=O)c2ccc(Br)cc2OC(F)(F)F)cnc1Oc1ccc(C)cc1. The molecule has 0 aliphatic heterocycles. The highest BCUT2D eigenvalue weighted by Gasteiger charge is 2.35. The third-order valence-corrected chi connectivity index (χ3v) is 6.67. The number of aromatic nitrogens is 2. The van der Waals surface area contributed by atoms with Crippen molar-refractivity contribution >= 4 is 26.0 Å². The molecule has 0 bridgehead atoms. The Hall–Kier alpha value is -2.57. The molecule has 1 atom stereocenters. The molecule has 3 aromatic rings. The number of nitrogens with one attached hydrogen (secondary N) is 1. The molecule has 0 radical (unpaired) electrons. The first-order chi connectivity index (χ1) is 15.4. The lowest BCUT2D eigenvalue weighted by Gasteiger charge is -2.19. The number of imidazole rings is 1. The predicted octanol–water partition coefficient (Wildman–Crippen LogP) is 5.70. The van der Waals surface area contributed by atoms with Crippen LogP contribution in [-0.2, 0) is 16.6 Å². The Morgan fingerprint density at radius 2 is 1.85 bits per heavy atom.